The predicted molar refractivity (Wildman–Crippen MR) is 56.3 cm³/mol. The average molecular weight is 213 g/mol. The van der Waals surface area contributed by atoms with Gasteiger partial charge in [-0.25, -0.2) is 0 Å². The van der Waals surface area contributed by atoms with E-state index >= 15 is 0 Å². The number of hydrogen-bond acceptors (Lipinski definition) is 3. The molecule has 1 amide bonds. The third-order valence-electron chi connectivity index (χ3n) is 2.96. The number of amides is 1. The summed E-state index contributed by atoms with van der Waals surface area (Å²) in [6, 6.07) is 0. The Balaban J connectivity index is 1.97. The molecule has 0 spiro atoms. The number of carbonyl (C=O) groups is 2. The van der Waals surface area contributed by atoms with E-state index < -0.39 is 0 Å². The lowest BCUT2D eigenvalue weighted by molar-refractivity contribution is -0.140. The van der Waals surface area contributed by atoms with Crippen LogP contribution in [0.25, 0.3) is 0 Å². The van der Waals surface area contributed by atoms with Gasteiger partial charge >= 0.3 is 0 Å². The molecule has 2 aliphatic heterocycles. The summed E-state index contributed by atoms with van der Waals surface area (Å²) in [5.74, 6) is 0.710. The van der Waals surface area contributed by atoms with Gasteiger partial charge in [0.1, 0.15) is 0 Å². The van der Waals surface area contributed by atoms with E-state index in [2.05, 4.69) is 6.92 Å². The van der Waals surface area contributed by atoms with Gasteiger partial charge in [-0.05, 0) is 25.5 Å². The second kappa shape index (κ2) is 3.57. The molecule has 14 heavy (non-hydrogen) atoms. The maximum absolute atomic E-state index is 11.4. The molecule has 0 aromatic carbocycles. The monoisotopic (exact) mass is 213 g/mol. The molecule has 78 valence electrons. The molecule has 2 saturated heterocycles. The molecule has 2 fully saturated rings. The molecule has 0 aromatic rings. The van der Waals surface area contributed by atoms with Crippen LogP contribution in [0.4, 0.5) is 0 Å². The molecule has 1 atom stereocenters. The lowest BCUT2D eigenvalue weighted by Gasteiger charge is -2.28. The van der Waals surface area contributed by atoms with Crippen LogP contribution in [-0.2, 0) is 9.59 Å². The Morgan fingerprint density at radius 2 is 2.29 bits per heavy atom. The maximum atomic E-state index is 11.4. The third kappa shape index (κ3) is 1.80. The van der Waals surface area contributed by atoms with E-state index in [9.17, 15) is 9.59 Å². The molecule has 0 aliphatic carbocycles. The van der Waals surface area contributed by atoms with Gasteiger partial charge in [0.25, 0.3) is 5.91 Å². The molecule has 1 unspecified atom stereocenters. The molecule has 0 radical (unpaired) electrons. The standard InChI is InChI=1S/C10H15NO2S/c1-10(4-2-6-14-10)7-11-5-3-8(12)9(11)13/h2-7H2,1H3. The van der Waals surface area contributed by atoms with Crippen LogP contribution in [0.2, 0.25) is 0 Å². The molecule has 2 heterocycles. The summed E-state index contributed by atoms with van der Waals surface area (Å²) in [7, 11) is 0. The highest BCUT2D eigenvalue weighted by molar-refractivity contribution is 8.00. The van der Waals surface area contributed by atoms with Crippen molar-refractivity contribution in [2.75, 3.05) is 18.8 Å². The Morgan fingerprint density at radius 3 is 2.79 bits per heavy atom. The van der Waals surface area contributed by atoms with Crippen LogP contribution < -0.4 is 0 Å². The zero-order valence-corrected chi connectivity index (χ0v) is 9.23. The Morgan fingerprint density at radius 1 is 1.50 bits per heavy atom. The maximum Gasteiger partial charge on any atom is 0.290 e. The molecule has 2 rings (SSSR count). The van der Waals surface area contributed by atoms with Crippen LogP contribution in [-0.4, -0.2) is 40.2 Å². The number of carbonyl (C=O) groups excluding carboxylic acids is 2. The minimum absolute atomic E-state index is 0.195. The van der Waals surface area contributed by atoms with Gasteiger partial charge in [0.15, 0.2) is 0 Å². The number of likely N-dealkylation sites (tertiary alicyclic amines) is 1. The first-order valence-corrected chi connectivity index (χ1v) is 6.05. The molecule has 0 N–H and O–H groups in total. The summed E-state index contributed by atoms with van der Waals surface area (Å²) in [5, 5.41) is 0. The van der Waals surface area contributed by atoms with Gasteiger partial charge in [-0.15, -0.1) is 0 Å². The summed E-state index contributed by atoms with van der Waals surface area (Å²) in [5.41, 5.74) is 0. The molecule has 0 bridgehead atoms. The van der Waals surface area contributed by atoms with E-state index in [0.29, 0.717) is 13.0 Å². The number of nitrogens with zero attached hydrogens (tertiary/aromatic N) is 1. The largest absolute Gasteiger partial charge is 0.334 e. The molecule has 0 saturated carbocycles. The highest BCUT2D eigenvalue weighted by Gasteiger charge is 2.37. The Labute approximate surface area is 88.2 Å². The lowest BCUT2D eigenvalue weighted by Crippen LogP contribution is -2.38. The van der Waals surface area contributed by atoms with Crippen molar-refractivity contribution in [3.8, 4) is 0 Å². The van der Waals surface area contributed by atoms with Gasteiger partial charge < -0.3 is 4.90 Å². The van der Waals surface area contributed by atoms with Crippen molar-refractivity contribution in [3.63, 3.8) is 0 Å². The van der Waals surface area contributed by atoms with Crippen molar-refractivity contribution in [3.05, 3.63) is 0 Å². The van der Waals surface area contributed by atoms with E-state index in [-0.39, 0.29) is 16.4 Å². The van der Waals surface area contributed by atoms with E-state index in [0.717, 1.165) is 13.0 Å². The zero-order valence-electron chi connectivity index (χ0n) is 8.41. The van der Waals surface area contributed by atoms with Crippen molar-refractivity contribution in [2.24, 2.45) is 0 Å². The van der Waals surface area contributed by atoms with Crippen molar-refractivity contribution >= 4 is 23.5 Å². The van der Waals surface area contributed by atoms with Gasteiger partial charge in [0, 0.05) is 24.3 Å². The lowest BCUT2D eigenvalue weighted by atomic mass is 10.1. The molecule has 3 nitrogen and oxygen atoms in total. The Bertz CT molecular complexity index is 271. The van der Waals surface area contributed by atoms with Gasteiger partial charge in [-0.2, -0.15) is 11.8 Å². The first-order chi connectivity index (χ1) is 6.61. The molecule has 0 aromatic heterocycles. The van der Waals surface area contributed by atoms with Crippen LogP contribution in [0.15, 0.2) is 0 Å². The fourth-order valence-electron chi connectivity index (χ4n) is 2.14. The molecule has 4 heteroatoms. The van der Waals surface area contributed by atoms with Crippen LogP contribution in [0.5, 0.6) is 0 Å². The fraction of sp³-hybridized carbons (Fsp3) is 0.800. The number of thioether (sulfide) groups is 1. The zero-order chi connectivity index (χ0) is 10.2. The second-order valence-corrected chi connectivity index (χ2v) is 5.98. The minimum atomic E-state index is -0.265. The normalized spacial score (nSPS) is 33.1. The summed E-state index contributed by atoms with van der Waals surface area (Å²) >= 11 is 1.93. The second-order valence-electron chi connectivity index (χ2n) is 4.30. The van der Waals surface area contributed by atoms with Gasteiger partial charge in [-0.1, -0.05) is 0 Å². The van der Waals surface area contributed by atoms with Crippen molar-refractivity contribution in [1.82, 2.24) is 4.90 Å². The summed E-state index contributed by atoms with van der Waals surface area (Å²) in [6.07, 6.45) is 2.81. The molecule has 2 aliphatic rings. The van der Waals surface area contributed by atoms with Crippen molar-refractivity contribution in [1.29, 1.82) is 0 Å². The first kappa shape index (κ1) is 10.0. The summed E-state index contributed by atoms with van der Waals surface area (Å²) in [4.78, 5) is 24.2. The van der Waals surface area contributed by atoms with Crippen molar-refractivity contribution in [2.45, 2.75) is 30.9 Å². The molecular formula is C10H15NO2S. The number of hydrogen-bond donors (Lipinski definition) is 0. The quantitative estimate of drug-likeness (QED) is 0.644. The van der Waals surface area contributed by atoms with Crippen LogP contribution in [0, 0.1) is 0 Å². The highest BCUT2D eigenvalue weighted by atomic mass is 32.2. The topological polar surface area (TPSA) is 37.4 Å². The Kier molecular flexibility index (Phi) is 2.56. The molecular weight excluding hydrogens is 198 g/mol. The Hall–Kier alpha value is -0.510. The van der Waals surface area contributed by atoms with Crippen molar-refractivity contribution < 1.29 is 9.59 Å². The third-order valence-corrected chi connectivity index (χ3v) is 4.48. The average Bonchev–Trinajstić information content (AvgIpc) is 2.68. The summed E-state index contributed by atoms with van der Waals surface area (Å²) in [6.45, 7) is 3.58. The summed E-state index contributed by atoms with van der Waals surface area (Å²) < 4.78 is 0.195. The number of Topliss-reactive ketones (excluding diaryl/α,β-unsaturated/α-hetero) is 1. The van der Waals surface area contributed by atoms with Gasteiger partial charge in [0.2, 0.25) is 5.78 Å². The van der Waals surface area contributed by atoms with Gasteiger partial charge in [0.05, 0.1) is 0 Å². The van der Waals surface area contributed by atoms with Gasteiger partial charge in [-0.3, -0.25) is 9.59 Å². The van der Waals surface area contributed by atoms with E-state index in [4.69, 9.17) is 0 Å². The minimum Gasteiger partial charge on any atom is -0.334 e. The van der Waals surface area contributed by atoms with E-state index in [1.165, 1.54) is 12.2 Å². The van der Waals surface area contributed by atoms with Crippen LogP contribution >= 0.6 is 11.8 Å². The van der Waals surface area contributed by atoms with E-state index in [1.807, 2.05) is 11.8 Å². The van der Waals surface area contributed by atoms with E-state index in [1.54, 1.807) is 4.90 Å². The van der Waals surface area contributed by atoms with Crippen LogP contribution in [0.1, 0.15) is 26.2 Å². The smallest absolute Gasteiger partial charge is 0.290 e. The van der Waals surface area contributed by atoms with Crippen LogP contribution in [0.3, 0.4) is 0 Å². The highest BCUT2D eigenvalue weighted by Crippen LogP contribution is 2.38. The fourth-order valence-corrected chi connectivity index (χ4v) is 3.45. The number of rotatable bonds is 2. The first-order valence-electron chi connectivity index (χ1n) is 5.07. The number of ketones is 1. The SMILES string of the molecule is CC1(CN2CCC(=O)C2=O)CCCS1. The predicted octanol–water partition coefficient (Wildman–Crippen LogP) is 1.07.